The smallest absolute Gasteiger partial charge is 0.416 e. The van der Waals surface area contributed by atoms with E-state index in [-0.39, 0.29) is 12.3 Å². The van der Waals surface area contributed by atoms with Crippen LogP contribution in [0.5, 0.6) is 0 Å². The number of nitrogens with one attached hydrogen (secondary N) is 1. The summed E-state index contributed by atoms with van der Waals surface area (Å²) >= 11 is 0. The van der Waals surface area contributed by atoms with Crippen LogP contribution in [-0.2, 0) is 22.4 Å². The van der Waals surface area contributed by atoms with Crippen LogP contribution >= 0.6 is 0 Å². The second-order valence-corrected chi connectivity index (χ2v) is 4.71. The SMILES string of the molecule is O=C(O)C=NOCc1ccccc1Nc1cccc(C(F)(F)F)c1. The van der Waals surface area contributed by atoms with Gasteiger partial charge >= 0.3 is 12.1 Å². The number of nitrogens with zero attached hydrogens (tertiary/aromatic N) is 1. The van der Waals surface area contributed by atoms with Gasteiger partial charge in [0, 0.05) is 16.9 Å². The van der Waals surface area contributed by atoms with Gasteiger partial charge in [0.1, 0.15) is 6.61 Å². The Morgan fingerprint density at radius 1 is 1.21 bits per heavy atom. The summed E-state index contributed by atoms with van der Waals surface area (Å²) in [6.07, 6.45) is -3.82. The summed E-state index contributed by atoms with van der Waals surface area (Å²) in [5, 5.41) is 14.6. The van der Waals surface area contributed by atoms with Crippen molar-refractivity contribution in [2.75, 3.05) is 5.32 Å². The van der Waals surface area contributed by atoms with Gasteiger partial charge in [-0.3, -0.25) is 0 Å². The highest BCUT2D eigenvalue weighted by Crippen LogP contribution is 2.31. The molecule has 0 bridgehead atoms. The number of oxime groups is 1. The number of halogens is 3. The lowest BCUT2D eigenvalue weighted by Gasteiger charge is -2.13. The van der Waals surface area contributed by atoms with E-state index in [1.807, 2.05) is 0 Å². The zero-order valence-corrected chi connectivity index (χ0v) is 12.2. The molecule has 2 rings (SSSR count). The lowest BCUT2D eigenvalue weighted by molar-refractivity contribution is -0.137. The molecule has 0 fully saturated rings. The third-order valence-electron chi connectivity index (χ3n) is 2.94. The van der Waals surface area contributed by atoms with E-state index >= 15 is 0 Å². The summed E-state index contributed by atoms with van der Waals surface area (Å²) in [6.45, 7) is -0.0358. The Hall–Kier alpha value is -3.03. The number of alkyl halides is 3. The molecule has 126 valence electrons. The zero-order valence-electron chi connectivity index (χ0n) is 12.2. The largest absolute Gasteiger partial charge is 0.477 e. The van der Waals surface area contributed by atoms with E-state index < -0.39 is 17.7 Å². The molecule has 8 heteroatoms. The van der Waals surface area contributed by atoms with E-state index in [0.717, 1.165) is 12.1 Å². The highest BCUT2D eigenvalue weighted by Gasteiger charge is 2.30. The Morgan fingerprint density at radius 2 is 1.96 bits per heavy atom. The summed E-state index contributed by atoms with van der Waals surface area (Å²) in [4.78, 5) is 15.2. The van der Waals surface area contributed by atoms with Crippen LogP contribution in [0.3, 0.4) is 0 Å². The average Bonchev–Trinajstić information content (AvgIpc) is 2.52. The van der Waals surface area contributed by atoms with Crippen molar-refractivity contribution < 1.29 is 27.9 Å². The maximum Gasteiger partial charge on any atom is 0.416 e. The first-order valence-electron chi connectivity index (χ1n) is 6.77. The van der Waals surface area contributed by atoms with Gasteiger partial charge in [0.25, 0.3) is 0 Å². The van der Waals surface area contributed by atoms with Gasteiger partial charge < -0.3 is 15.3 Å². The van der Waals surface area contributed by atoms with Gasteiger partial charge in [0.05, 0.1) is 5.56 Å². The molecule has 0 aromatic heterocycles. The summed E-state index contributed by atoms with van der Waals surface area (Å²) in [7, 11) is 0. The predicted octanol–water partition coefficient (Wildman–Crippen LogP) is 4.04. The zero-order chi connectivity index (χ0) is 17.6. The minimum Gasteiger partial charge on any atom is -0.477 e. The van der Waals surface area contributed by atoms with Gasteiger partial charge in [-0.2, -0.15) is 13.2 Å². The van der Waals surface area contributed by atoms with Crippen LogP contribution in [0.1, 0.15) is 11.1 Å². The van der Waals surface area contributed by atoms with Crippen molar-refractivity contribution in [1.29, 1.82) is 0 Å². The van der Waals surface area contributed by atoms with E-state index in [2.05, 4.69) is 10.5 Å². The number of anilines is 2. The summed E-state index contributed by atoms with van der Waals surface area (Å²) in [5.74, 6) is -1.25. The maximum absolute atomic E-state index is 12.7. The molecule has 0 radical (unpaired) electrons. The first-order valence-corrected chi connectivity index (χ1v) is 6.77. The normalized spacial score (nSPS) is 11.5. The topological polar surface area (TPSA) is 70.9 Å². The molecular weight excluding hydrogens is 325 g/mol. The lowest BCUT2D eigenvalue weighted by atomic mass is 10.1. The fourth-order valence-electron chi connectivity index (χ4n) is 1.89. The lowest BCUT2D eigenvalue weighted by Crippen LogP contribution is -2.05. The second-order valence-electron chi connectivity index (χ2n) is 4.71. The molecule has 0 spiro atoms. The molecule has 24 heavy (non-hydrogen) atoms. The Kier molecular flexibility index (Phi) is 5.41. The van der Waals surface area contributed by atoms with Crippen LogP contribution in [0, 0.1) is 0 Å². The molecule has 0 atom stereocenters. The molecule has 0 saturated carbocycles. The molecule has 0 heterocycles. The predicted molar refractivity (Wildman–Crippen MR) is 82.1 cm³/mol. The minimum atomic E-state index is -4.42. The number of para-hydroxylation sites is 1. The van der Waals surface area contributed by atoms with Gasteiger partial charge in [0.2, 0.25) is 0 Å². The molecular formula is C16H13F3N2O3. The molecule has 2 N–H and O–H groups in total. The third kappa shape index (κ3) is 5.01. The van der Waals surface area contributed by atoms with E-state index in [0.29, 0.717) is 17.5 Å². The van der Waals surface area contributed by atoms with Crippen molar-refractivity contribution in [1.82, 2.24) is 0 Å². The summed E-state index contributed by atoms with van der Waals surface area (Å²) in [5.41, 5.74) is 0.651. The van der Waals surface area contributed by atoms with Crippen LogP contribution in [-0.4, -0.2) is 17.3 Å². The third-order valence-corrected chi connectivity index (χ3v) is 2.94. The van der Waals surface area contributed by atoms with Crippen LogP contribution in [0.25, 0.3) is 0 Å². The number of carboxylic acids is 1. The van der Waals surface area contributed by atoms with Crippen LogP contribution in [0.2, 0.25) is 0 Å². The fourth-order valence-corrected chi connectivity index (χ4v) is 1.89. The summed E-state index contributed by atoms with van der Waals surface area (Å²) < 4.78 is 38.2. The molecule has 0 unspecified atom stereocenters. The van der Waals surface area contributed by atoms with Crippen molar-refractivity contribution in [3.05, 3.63) is 59.7 Å². The van der Waals surface area contributed by atoms with Crippen molar-refractivity contribution in [3.8, 4) is 0 Å². The van der Waals surface area contributed by atoms with Crippen LogP contribution < -0.4 is 5.32 Å². The standard InChI is InChI=1S/C16H13F3N2O3/c17-16(18,19)12-5-3-6-13(8-12)21-14-7-2-1-4-11(14)10-24-20-9-15(22)23/h1-9,21H,10H2,(H,22,23). The van der Waals surface area contributed by atoms with Crippen molar-refractivity contribution >= 4 is 23.6 Å². The highest BCUT2D eigenvalue weighted by atomic mass is 19.4. The number of aliphatic carboxylic acids is 1. The number of benzene rings is 2. The van der Waals surface area contributed by atoms with Crippen LogP contribution in [0.15, 0.2) is 53.7 Å². The Balaban J connectivity index is 2.14. The van der Waals surface area contributed by atoms with Gasteiger partial charge in [-0.1, -0.05) is 29.4 Å². The molecule has 5 nitrogen and oxygen atoms in total. The Labute approximate surface area is 135 Å². The molecule has 0 aliphatic heterocycles. The number of hydrogen-bond acceptors (Lipinski definition) is 4. The number of carboxylic acid groups (broad SMARTS) is 1. The number of rotatable bonds is 6. The van der Waals surface area contributed by atoms with Gasteiger partial charge in [-0.05, 0) is 24.3 Å². The van der Waals surface area contributed by atoms with E-state index in [1.165, 1.54) is 12.1 Å². The molecule has 0 aliphatic carbocycles. The number of hydrogen-bond donors (Lipinski definition) is 2. The van der Waals surface area contributed by atoms with E-state index in [1.54, 1.807) is 24.3 Å². The van der Waals surface area contributed by atoms with Crippen molar-refractivity contribution in [2.45, 2.75) is 12.8 Å². The summed E-state index contributed by atoms with van der Waals surface area (Å²) in [6, 6.07) is 11.6. The van der Waals surface area contributed by atoms with Crippen molar-refractivity contribution in [2.24, 2.45) is 5.16 Å². The first kappa shape index (κ1) is 17.3. The monoisotopic (exact) mass is 338 g/mol. The Bertz CT molecular complexity index is 745. The van der Waals surface area contributed by atoms with Gasteiger partial charge in [0.15, 0.2) is 6.21 Å². The second kappa shape index (κ2) is 7.49. The quantitative estimate of drug-likeness (QED) is 0.616. The highest BCUT2D eigenvalue weighted by molar-refractivity contribution is 6.21. The molecule has 2 aromatic rings. The minimum absolute atomic E-state index is 0.0358. The van der Waals surface area contributed by atoms with E-state index in [9.17, 15) is 18.0 Å². The fraction of sp³-hybridized carbons (Fsp3) is 0.125. The first-order chi connectivity index (χ1) is 11.4. The van der Waals surface area contributed by atoms with Gasteiger partial charge in [-0.15, -0.1) is 0 Å². The van der Waals surface area contributed by atoms with Crippen molar-refractivity contribution in [3.63, 3.8) is 0 Å². The van der Waals surface area contributed by atoms with E-state index in [4.69, 9.17) is 9.94 Å². The maximum atomic E-state index is 12.7. The van der Waals surface area contributed by atoms with Gasteiger partial charge in [-0.25, -0.2) is 4.79 Å². The Morgan fingerprint density at radius 3 is 2.67 bits per heavy atom. The number of carbonyl (C=O) groups is 1. The van der Waals surface area contributed by atoms with Crippen LogP contribution in [0.4, 0.5) is 24.5 Å². The molecule has 2 aromatic carbocycles. The molecule has 0 saturated heterocycles. The average molecular weight is 338 g/mol. The molecule has 0 amide bonds. The molecule has 0 aliphatic rings.